The van der Waals surface area contributed by atoms with Gasteiger partial charge in [-0.25, -0.2) is 4.79 Å². The van der Waals surface area contributed by atoms with Crippen LogP contribution < -0.4 is 10.6 Å². The number of rotatable bonds is 6. The van der Waals surface area contributed by atoms with Gasteiger partial charge in [0.2, 0.25) is 5.91 Å². The third-order valence-corrected chi connectivity index (χ3v) is 8.64. The van der Waals surface area contributed by atoms with E-state index < -0.39 is 23.9 Å². The maximum Gasteiger partial charge on any atom is 0.318 e. The van der Waals surface area contributed by atoms with Crippen LogP contribution in [0.1, 0.15) is 46.6 Å². The highest BCUT2D eigenvalue weighted by Crippen LogP contribution is 2.52. The molecule has 2 aromatic carbocycles. The highest BCUT2D eigenvalue weighted by molar-refractivity contribution is 7.10. The first kappa shape index (κ1) is 27.4. The number of piperazine rings is 1. The molecule has 7 nitrogen and oxygen atoms in total. The Kier molecular flexibility index (Phi) is 8.35. The van der Waals surface area contributed by atoms with E-state index in [1.165, 1.54) is 11.3 Å². The molecule has 0 saturated carbocycles. The molecule has 3 heterocycles. The number of ketones is 1. The Bertz CT molecular complexity index is 1290. The molecule has 2 N–H and O–H groups in total. The fraction of sp³-hybridized carbons (Fsp3) is 0.367. The Morgan fingerprint density at radius 2 is 1.67 bits per heavy atom. The third-order valence-electron chi connectivity index (χ3n) is 7.45. The van der Waals surface area contributed by atoms with Gasteiger partial charge in [-0.05, 0) is 43.0 Å². The minimum absolute atomic E-state index is 0.0908. The van der Waals surface area contributed by atoms with E-state index in [1.54, 1.807) is 29.2 Å². The van der Waals surface area contributed by atoms with Crippen LogP contribution in [0, 0.1) is 5.92 Å². The number of urea groups is 1. The van der Waals surface area contributed by atoms with Gasteiger partial charge in [0.05, 0.1) is 12.0 Å². The van der Waals surface area contributed by atoms with E-state index >= 15 is 0 Å². The van der Waals surface area contributed by atoms with Crippen LogP contribution in [0.4, 0.5) is 4.79 Å². The molecule has 2 fully saturated rings. The van der Waals surface area contributed by atoms with Crippen LogP contribution in [0.5, 0.6) is 0 Å². The van der Waals surface area contributed by atoms with Crippen molar-refractivity contribution >= 4 is 40.7 Å². The highest BCUT2D eigenvalue weighted by atomic mass is 35.5. The quantitative estimate of drug-likeness (QED) is 0.415. The molecule has 0 bridgehead atoms. The minimum atomic E-state index is -0.868. The van der Waals surface area contributed by atoms with Crippen LogP contribution in [-0.4, -0.2) is 65.8 Å². The molecule has 2 saturated heterocycles. The number of nitrogens with one attached hydrogen (secondary N) is 2. The van der Waals surface area contributed by atoms with Crippen LogP contribution in [0.15, 0.2) is 72.1 Å². The van der Waals surface area contributed by atoms with Gasteiger partial charge in [0, 0.05) is 53.6 Å². The average Bonchev–Trinajstić information content (AvgIpc) is 3.60. The molecule has 0 aliphatic carbocycles. The van der Waals surface area contributed by atoms with E-state index in [2.05, 4.69) is 10.6 Å². The van der Waals surface area contributed by atoms with Crippen molar-refractivity contribution in [2.75, 3.05) is 26.2 Å². The van der Waals surface area contributed by atoms with Gasteiger partial charge in [-0.3, -0.25) is 9.59 Å². The maximum atomic E-state index is 14.4. The van der Waals surface area contributed by atoms with E-state index in [1.807, 2.05) is 66.6 Å². The van der Waals surface area contributed by atoms with Gasteiger partial charge in [0.25, 0.3) is 0 Å². The third kappa shape index (κ3) is 5.60. The summed E-state index contributed by atoms with van der Waals surface area (Å²) >= 11 is 7.75. The molecule has 9 heteroatoms. The van der Waals surface area contributed by atoms with Crippen LogP contribution >= 0.6 is 22.9 Å². The first-order valence-electron chi connectivity index (χ1n) is 13.3. The van der Waals surface area contributed by atoms with Gasteiger partial charge in [0.15, 0.2) is 5.78 Å². The smallest absolute Gasteiger partial charge is 0.318 e. The molecule has 3 aromatic rings. The second-order valence-corrected chi connectivity index (χ2v) is 11.7. The zero-order chi connectivity index (χ0) is 27.5. The minimum Gasteiger partial charge on any atom is -0.338 e. The Hall–Kier alpha value is -3.20. The number of halogens is 1. The molecule has 4 atom stereocenters. The second-order valence-electron chi connectivity index (χ2n) is 10.3. The first-order chi connectivity index (χ1) is 18.9. The van der Waals surface area contributed by atoms with Crippen LogP contribution in [0.2, 0.25) is 5.02 Å². The number of carbonyl (C=O) groups is 3. The van der Waals surface area contributed by atoms with Crippen molar-refractivity contribution in [2.45, 2.75) is 37.9 Å². The highest BCUT2D eigenvalue weighted by Gasteiger charge is 2.58. The summed E-state index contributed by atoms with van der Waals surface area (Å²) < 4.78 is 0. The lowest BCUT2D eigenvalue weighted by molar-refractivity contribution is -0.136. The zero-order valence-electron chi connectivity index (χ0n) is 22.0. The maximum absolute atomic E-state index is 14.4. The van der Waals surface area contributed by atoms with E-state index in [0.29, 0.717) is 36.8 Å². The summed E-state index contributed by atoms with van der Waals surface area (Å²) in [6.07, 6.45) is 0. The van der Waals surface area contributed by atoms with Gasteiger partial charge in [0.1, 0.15) is 6.04 Å². The molecule has 2 aliphatic heterocycles. The summed E-state index contributed by atoms with van der Waals surface area (Å²) in [5.41, 5.74) is 1.37. The summed E-state index contributed by atoms with van der Waals surface area (Å²) in [4.78, 5) is 47.2. The van der Waals surface area contributed by atoms with Crippen LogP contribution in [0.3, 0.4) is 0 Å². The monoisotopic (exact) mass is 564 g/mol. The first-order valence-corrected chi connectivity index (χ1v) is 14.6. The molecule has 5 rings (SSSR count). The number of nitrogens with zero attached hydrogens (tertiary/aromatic N) is 2. The molecule has 0 spiro atoms. The number of amides is 3. The molecular formula is C30H33ClN4O3S. The van der Waals surface area contributed by atoms with Gasteiger partial charge in [-0.1, -0.05) is 60.1 Å². The van der Waals surface area contributed by atoms with Crippen molar-refractivity contribution in [1.82, 2.24) is 20.4 Å². The van der Waals surface area contributed by atoms with E-state index in [4.69, 9.17) is 11.6 Å². The van der Waals surface area contributed by atoms with Crippen LogP contribution in [0.25, 0.3) is 0 Å². The predicted molar refractivity (Wildman–Crippen MR) is 154 cm³/mol. The van der Waals surface area contributed by atoms with Crippen molar-refractivity contribution in [3.63, 3.8) is 0 Å². The van der Waals surface area contributed by atoms with Crippen molar-refractivity contribution in [3.05, 3.63) is 93.1 Å². The molecular weight excluding hydrogens is 532 g/mol. The molecule has 0 radical (unpaired) electrons. The lowest BCUT2D eigenvalue weighted by atomic mass is 9.77. The number of thiophene rings is 1. The molecule has 204 valence electrons. The number of carbonyl (C=O) groups excluding carboxylic acids is 3. The lowest BCUT2D eigenvalue weighted by Crippen LogP contribution is -2.56. The van der Waals surface area contributed by atoms with Crippen molar-refractivity contribution in [3.8, 4) is 0 Å². The summed E-state index contributed by atoms with van der Waals surface area (Å²) in [6, 6.07) is 18.4. The fourth-order valence-corrected chi connectivity index (χ4v) is 6.78. The van der Waals surface area contributed by atoms with Gasteiger partial charge < -0.3 is 20.4 Å². The fourth-order valence-electron chi connectivity index (χ4n) is 5.78. The number of benzene rings is 2. The average molecular weight is 565 g/mol. The van der Waals surface area contributed by atoms with E-state index in [0.717, 1.165) is 10.4 Å². The molecule has 39 heavy (non-hydrogen) atoms. The van der Waals surface area contributed by atoms with Crippen molar-refractivity contribution in [1.29, 1.82) is 0 Å². The van der Waals surface area contributed by atoms with Crippen LogP contribution in [-0.2, 0) is 4.79 Å². The topological polar surface area (TPSA) is 81.8 Å². The molecule has 4 unspecified atom stereocenters. The van der Waals surface area contributed by atoms with Gasteiger partial charge in [-0.2, -0.15) is 0 Å². The van der Waals surface area contributed by atoms with Crippen molar-refractivity contribution < 1.29 is 14.4 Å². The normalized spacial score (nSPS) is 23.2. The Labute approximate surface area is 238 Å². The standard InChI is InChI=1S/C30H33ClN4O3S/c1-19(2)33-30(38)35-26(23-9-6-18-39-23)25(28(36)21-7-4-3-5-8-21)24(20-10-12-22(31)13-11-20)27(35)29(37)34-16-14-32-15-17-34/h3-13,18-19,24-27,32H,14-17H2,1-2H3,(H,33,38). The number of hydrogen-bond donors (Lipinski definition) is 2. The Morgan fingerprint density at radius 1 is 0.974 bits per heavy atom. The summed E-state index contributed by atoms with van der Waals surface area (Å²) in [6.45, 7) is 6.24. The van der Waals surface area contributed by atoms with Gasteiger partial charge >= 0.3 is 6.03 Å². The molecule has 2 aliphatic rings. The number of likely N-dealkylation sites (tertiary alicyclic amines) is 1. The largest absolute Gasteiger partial charge is 0.338 e. The Morgan fingerprint density at radius 3 is 2.28 bits per heavy atom. The SMILES string of the molecule is CC(C)NC(=O)N1C(C(=O)N2CCNCC2)C(c2ccc(Cl)cc2)C(C(=O)c2ccccc2)C1c1cccs1. The summed E-state index contributed by atoms with van der Waals surface area (Å²) in [7, 11) is 0. The molecule has 3 amide bonds. The Balaban J connectivity index is 1.72. The number of hydrogen-bond acceptors (Lipinski definition) is 5. The molecule has 1 aromatic heterocycles. The predicted octanol–water partition coefficient (Wildman–Crippen LogP) is 4.96. The van der Waals surface area contributed by atoms with Crippen molar-refractivity contribution in [2.24, 2.45) is 5.92 Å². The summed E-state index contributed by atoms with van der Waals surface area (Å²) in [5.74, 6) is -1.48. The van der Waals surface area contributed by atoms with Gasteiger partial charge in [-0.15, -0.1) is 11.3 Å². The zero-order valence-corrected chi connectivity index (χ0v) is 23.6. The number of Topliss-reactive ketones (excluding diaryl/α,β-unsaturated/α-hetero) is 1. The van der Waals surface area contributed by atoms with E-state index in [9.17, 15) is 14.4 Å². The van der Waals surface area contributed by atoms with E-state index in [-0.39, 0.29) is 23.8 Å². The lowest BCUT2D eigenvalue weighted by Gasteiger charge is -2.36. The summed E-state index contributed by atoms with van der Waals surface area (Å²) in [5, 5.41) is 8.83. The second kappa shape index (κ2) is 11.9.